The molecular formula is C14H19F3N4O3. The lowest BCUT2D eigenvalue weighted by atomic mass is 10.2. The normalized spacial score (nSPS) is 23.5. The molecule has 2 saturated heterocycles. The fourth-order valence-corrected chi connectivity index (χ4v) is 2.95. The number of alkyl halides is 3. The molecule has 3 rings (SSSR count). The Bertz CT molecular complexity index is 572. The molecule has 7 nitrogen and oxygen atoms in total. The summed E-state index contributed by atoms with van der Waals surface area (Å²) in [5.41, 5.74) is 0. The van der Waals surface area contributed by atoms with Crippen LogP contribution in [0.15, 0.2) is 4.52 Å². The quantitative estimate of drug-likeness (QED) is 0.820. The van der Waals surface area contributed by atoms with Crippen LogP contribution in [0.25, 0.3) is 0 Å². The summed E-state index contributed by atoms with van der Waals surface area (Å²) in [4.78, 5) is 19.4. The van der Waals surface area contributed by atoms with Crippen LogP contribution < -0.4 is 0 Å². The minimum Gasteiger partial charge on any atom is -0.368 e. The lowest BCUT2D eigenvalue weighted by Crippen LogP contribution is -2.41. The van der Waals surface area contributed by atoms with Crippen LogP contribution in [0.1, 0.15) is 31.0 Å². The third-order valence-electron chi connectivity index (χ3n) is 4.19. The summed E-state index contributed by atoms with van der Waals surface area (Å²) in [6.07, 6.45) is -2.57. The number of carbonyl (C=O) groups excluding carboxylic acids is 1. The maximum absolute atomic E-state index is 12.5. The summed E-state index contributed by atoms with van der Waals surface area (Å²) in [5.74, 6) is -1.32. The smallest absolute Gasteiger partial charge is 0.368 e. The summed E-state index contributed by atoms with van der Waals surface area (Å²) >= 11 is 0. The zero-order chi connectivity index (χ0) is 17.2. The van der Waals surface area contributed by atoms with Gasteiger partial charge in [-0.3, -0.25) is 9.69 Å². The van der Waals surface area contributed by atoms with Crippen LogP contribution in [0.4, 0.5) is 13.2 Å². The van der Waals surface area contributed by atoms with Gasteiger partial charge in [0.1, 0.15) is 6.10 Å². The van der Waals surface area contributed by atoms with Gasteiger partial charge in [-0.05, 0) is 19.3 Å². The van der Waals surface area contributed by atoms with E-state index in [1.165, 1.54) is 0 Å². The van der Waals surface area contributed by atoms with E-state index in [4.69, 9.17) is 4.74 Å². The zero-order valence-corrected chi connectivity index (χ0v) is 13.1. The first-order valence-electron chi connectivity index (χ1n) is 7.96. The highest BCUT2D eigenvalue weighted by molar-refractivity contribution is 5.81. The molecule has 2 aliphatic rings. The molecule has 1 atom stereocenters. The molecule has 0 spiro atoms. The molecule has 2 aliphatic heterocycles. The maximum Gasteiger partial charge on any atom is 0.455 e. The van der Waals surface area contributed by atoms with Crippen LogP contribution in [0.5, 0.6) is 0 Å². The first-order chi connectivity index (χ1) is 11.4. The lowest BCUT2D eigenvalue weighted by molar-refractivity contribution is -0.146. The third-order valence-corrected chi connectivity index (χ3v) is 4.19. The van der Waals surface area contributed by atoms with Crippen molar-refractivity contribution in [1.29, 1.82) is 0 Å². The number of nitrogens with zero attached hydrogens (tertiary/aromatic N) is 4. The van der Waals surface area contributed by atoms with E-state index in [0.717, 1.165) is 19.3 Å². The minimum absolute atomic E-state index is 0.00602. The highest BCUT2D eigenvalue weighted by Gasteiger charge is 2.37. The van der Waals surface area contributed by atoms with Crippen LogP contribution in [-0.2, 0) is 22.3 Å². The number of carbonyl (C=O) groups is 1. The Balaban J connectivity index is 1.53. The van der Waals surface area contributed by atoms with Crippen molar-refractivity contribution in [1.82, 2.24) is 19.9 Å². The van der Waals surface area contributed by atoms with Crippen molar-refractivity contribution < 1.29 is 27.2 Å². The van der Waals surface area contributed by atoms with Crippen molar-refractivity contribution in [3.05, 3.63) is 11.7 Å². The molecule has 0 aliphatic carbocycles. The summed E-state index contributed by atoms with van der Waals surface area (Å²) in [6.45, 7) is 3.09. The Labute approximate surface area is 136 Å². The fourth-order valence-electron chi connectivity index (χ4n) is 2.95. The molecule has 1 aromatic heterocycles. The Morgan fingerprint density at radius 3 is 2.71 bits per heavy atom. The number of ether oxygens (including phenoxy) is 1. The number of amides is 1. The van der Waals surface area contributed by atoms with Crippen molar-refractivity contribution in [2.24, 2.45) is 0 Å². The molecular weight excluding hydrogens is 329 g/mol. The highest BCUT2D eigenvalue weighted by atomic mass is 19.4. The first kappa shape index (κ1) is 17.2. The van der Waals surface area contributed by atoms with E-state index in [1.54, 1.807) is 4.90 Å². The number of hydrogen-bond donors (Lipinski definition) is 0. The Morgan fingerprint density at radius 2 is 2.04 bits per heavy atom. The zero-order valence-electron chi connectivity index (χ0n) is 13.1. The van der Waals surface area contributed by atoms with Crippen LogP contribution >= 0.6 is 0 Å². The van der Waals surface area contributed by atoms with Crippen molar-refractivity contribution in [2.45, 2.75) is 38.1 Å². The van der Waals surface area contributed by atoms with E-state index >= 15 is 0 Å². The molecule has 0 radical (unpaired) electrons. The summed E-state index contributed by atoms with van der Waals surface area (Å²) in [7, 11) is 0. The van der Waals surface area contributed by atoms with E-state index < -0.39 is 12.0 Å². The molecule has 134 valence electrons. The molecule has 10 heteroatoms. The Kier molecular flexibility index (Phi) is 5.04. The van der Waals surface area contributed by atoms with Crippen LogP contribution in [-0.4, -0.2) is 64.7 Å². The lowest BCUT2D eigenvalue weighted by Gasteiger charge is -2.23. The summed E-state index contributed by atoms with van der Waals surface area (Å²) in [5, 5.41) is 2.95. The van der Waals surface area contributed by atoms with Crippen molar-refractivity contribution >= 4 is 5.91 Å². The third kappa shape index (κ3) is 4.04. The van der Waals surface area contributed by atoms with E-state index in [2.05, 4.69) is 14.7 Å². The van der Waals surface area contributed by atoms with Gasteiger partial charge in [-0.15, -0.1) is 0 Å². The average Bonchev–Trinajstić information content (AvgIpc) is 3.15. The topological polar surface area (TPSA) is 71.7 Å². The fraction of sp³-hybridized carbons (Fsp3) is 0.786. The Morgan fingerprint density at radius 1 is 1.21 bits per heavy atom. The van der Waals surface area contributed by atoms with Crippen LogP contribution in [0.3, 0.4) is 0 Å². The summed E-state index contributed by atoms with van der Waals surface area (Å²) in [6, 6.07) is 0. The van der Waals surface area contributed by atoms with Crippen molar-refractivity contribution in [3.8, 4) is 0 Å². The molecule has 0 N–H and O–H groups in total. The molecule has 24 heavy (non-hydrogen) atoms. The number of rotatable bonds is 3. The second kappa shape index (κ2) is 7.06. The molecule has 0 aromatic carbocycles. The second-order valence-electron chi connectivity index (χ2n) is 5.97. The number of halogens is 3. The number of hydrogen-bond acceptors (Lipinski definition) is 6. The van der Waals surface area contributed by atoms with Crippen molar-refractivity contribution in [3.63, 3.8) is 0 Å². The van der Waals surface area contributed by atoms with Gasteiger partial charge in [0.2, 0.25) is 5.89 Å². The predicted molar refractivity (Wildman–Crippen MR) is 74.7 cm³/mol. The SMILES string of the molecule is O=C(C1CCCO1)N1CCCN(Cc2nc(C(F)(F)F)no2)CC1. The van der Waals surface area contributed by atoms with Crippen molar-refractivity contribution in [2.75, 3.05) is 32.8 Å². The van der Waals surface area contributed by atoms with E-state index in [0.29, 0.717) is 32.8 Å². The van der Waals surface area contributed by atoms with Crippen LogP contribution in [0, 0.1) is 0 Å². The molecule has 0 bridgehead atoms. The van der Waals surface area contributed by atoms with Gasteiger partial charge < -0.3 is 14.2 Å². The molecule has 1 amide bonds. The molecule has 3 heterocycles. The van der Waals surface area contributed by atoms with Gasteiger partial charge in [0.15, 0.2) is 0 Å². The van der Waals surface area contributed by atoms with E-state index in [-0.39, 0.29) is 24.4 Å². The maximum atomic E-state index is 12.5. The Hall–Kier alpha value is -1.68. The molecule has 1 aromatic rings. The van der Waals surface area contributed by atoms with Gasteiger partial charge in [0.25, 0.3) is 11.7 Å². The largest absolute Gasteiger partial charge is 0.455 e. The van der Waals surface area contributed by atoms with E-state index in [9.17, 15) is 18.0 Å². The first-order valence-corrected chi connectivity index (χ1v) is 7.96. The molecule has 2 fully saturated rings. The summed E-state index contributed by atoms with van der Waals surface area (Å²) < 4.78 is 47.5. The van der Waals surface area contributed by atoms with Crippen LogP contribution in [0.2, 0.25) is 0 Å². The van der Waals surface area contributed by atoms with Gasteiger partial charge >= 0.3 is 6.18 Å². The van der Waals surface area contributed by atoms with Gasteiger partial charge in [-0.1, -0.05) is 5.16 Å². The van der Waals surface area contributed by atoms with Gasteiger partial charge in [-0.2, -0.15) is 18.2 Å². The number of aromatic nitrogens is 2. The standard InChI is InChI=1S/C14H19F3N4O3/c15-14(16,17)13-18-11(24-19-13)9-20-4-2-5-21(7-6-20)12(22)10-3-1-8-23-10/h10H,1-9H2. The minimum atomic E-state index is -4.61. The predicted octanol–water partition coefficient (Wildman–Crippen LogP) is 1.30. The van der Waals surface area contributed by atoms with Gasteiger partial charge in [-0.25, -0.2) is 0 Å². The monoisotopic (exact) mass is 348 g/mol. The highest BCUT2D eigenvalue weighted by Crippen LogP contribution is 2.26. The van der Waals surface area contributed by atoms with Gasteiger partial charge in [0, 0.05) is 32.8 Å². The second-order valence-corrected chi connectivity index (χ2v) is 5.97. The molecule has 1 unspecified atom stereocenters. The van der Waals surface area contributed by atoms with Gasteiger partial charge in [0.05, 0.1) is 6.54 Å². The van der Waals surface area contributed by atoms with E-state index in [1.807, 2.05) is 4.90 Å². The molecule has 0 saturated carbocycles. The average molecular weight is 348 g/mol.